The Kier molecular flexibility index (Phi) is 7.33. The molecule has 16 nitrogen and oxygen atoms in total. The van der Waals surface area contributed by atoms with Gasteiger partial charge in [0.15, 0.2) is 11.4 Å². The minimum Gasteiger partial charge on any atom is -0.744 e. The maximum Gasteiger partial charge on any atom is 0.357 e. The van der Waals surface area contributed by atoms with Crippen LogP contribution in [0.5, 0.6) is 0 Å². The van der Waals surface area contributed by atoms with Crippen LogP contribution in [0, 0.1) is 0 Å². The van der Waals surface area contributed by atoms with Gasteiger partial charge in [0.25, 0.3) is 11.5 Å². The Bertz CT molecular complexity index is 1970. The van der Waals surface area contributed by atoms with Crippen molar-refractivity contribution in [1.82, 2.24) is 9.78 Å². The number of carbonyl (C=O) groups is 3. The molecule has 0 radical (unpaired) electrons. The van der Waals surface area contributed by atoms with Crippen molar-refractivity contribution < 1.29 is 50.5 Å². The number of hydrogen-bond acceptors (Lipinski definition) is 11. The van der Waals surface area contributed by atoms with E-state index in [1.165, 1.54) is 0 Å². The monoisotopic (exact) mass is 602 g/mol. The highest BCUT2D eigenvalue weighted by atomic mass is 32.2. The molecule has 0 aliphatic carbocycles. The molecule has 0 saturated heterocycles. The summed E-state index contributed by atoms with van der Waals surface area (Å²) in [7, 11) is -9.55. The highest BCUT2D eigenvalue weighted by Crippen LogP contribution is 2.25. The number of aliphatic carboxylic acids is 1. The van der Waals surface area contributed by atoms with Crippen LogP contribution < -0.4 is 10.6 Å². The number of carboxylic acids is 2. The van der Waals surface area contributed by atoms with Crippen LogP contribution in [0.2, 0.25) is 0 Å². The van der Waals surface area contributed by atoms with E-state index in [1.54, 1.807) is 0 Å². The fraction of sp³-hybridized carbons (Fsp3) is 0. The Balaban J connectivity index is 1.69. The van der Waals surface area contributed by atoms with Gasteiger partial charge in [-0.05, 0) is 60.7 Å². The van der Waals surface area contributed by atoms with Crippen LogP contribution in [0.4, 0.5) is 5.69 Å². The van der Waals surface area contributed by atoms with Crippen molar-refractivity contribution in [3.05, 3.63) is 87.9 Å². The van der Waals surface area contributed by atoms with Gasteiger partial charge in [0.1, 0.15) is 20.2 Å². The number of hydrogen-bond donors (Lipinski definition) is 3. The smallest absolute Gasteiger partial charge is 0.357 e. The summed E-state index contributed by atoms with van der Waals surface area (Å²) in [6, 6.07) is 7.94. The van der Waals surface area contributed by atoms with Crippen molar-refractivity contribution in [3.8, 4) is 5.69 Å². The molecular weight excluding hydrogens is 588 g/mol. The number of nitrogens with one attached hydrogen (secondary N) is 1. The second-order valence-electron chi connectivity index (χ2n) is 8.05. The first-order valence-electron chi connectivity index (χ1n) is 10.9. The van der Waals surface area contributed by atoms with E-state index in [0.29, 0.717) is 5.01 Å². The molecule has 212 valence electrons. The second kappa shape index (κ2) is 10.4. The van der Waals surface area contributed by atoms with Crippen molar-refractivity contribution in [1.29, 1.82) is 0 Å². The van der Waals surface area contributed by atoms with Crippen LogP contribution in [0.3, 0.4) is 0 Å². The summed E-state index contributed by atoms with van der Waals surface area (Å²) in [5.41, 5.74) is -3.23. The van der Waals surface area contributed by atoms with Crippen LogP contribution in [-0.4, -0.2) is 69.5 Å². The number of anilines is 1. The predicted octanol–water partition coefficient (Wildman–Crippen LogP) is 0.0990. The van der Waals surface area contributed by atoms with E-state index in [-0.39, 0.29) is 11.4 Å². The van der Waals surface area contributed by atoms with E-state index in [2.05, 4.69) is 10.2 Å². The van der Waals surface area contributed by atoms with Gasteiger partial charge < -0.3 is 19.3 Å². The molecule has 0 unspecified atom stereocenters. The minimum atomic E-state index is -4.78. The first kappa shape index (κ1) is 28.8. The van der Waals surface area contributed by atoms with Crippen molar-refractivity contribution in [2.24, 2.45) is 5.10 Å². The van der Waals surface area contributed by atoms with E-state index in [4.69, 9.17) is 0 Å². The van der Waals surface area contributed by atoms with Gasteiger partial charge >= 0.3 is 11.9 Å². The van der Waals surface area contributed by atoms with Crippen LogP contribution in [0.1, 0.15) is 16.1 Å². The maximum atomic E-state index is 12.9. The van der Waals surface area contributed by atoms with Crippen molar-refractivity contribution >= 4 is 55.6 Å². The average Bonchev–Trinajstić information content (AvgIpc) is 3.40. The standard InChI is InChI=1S/C23H16N4O12S2/c28-20-16(18(22(30)31)24-26(20)12-4-8-14(9-5-12)40(34,35)36)2-1-3-17-19(23(32)33)25-27(21(17)29)13-6-10-15(11-7-13)41(37,38)39/h1-11,24H,(H,30,31)(H,32,33)(H,34,35,36)(H,37,38,39)/p-2/b2-1+,17-3-. The molecule has 3 aromatic rings. The predicted molar refractivity (Wildman–Crippen MR) is 135 cm³/mol. The van der Waals surface area contributed by atoms with Crippen LogP contribution in [0.15, 0.2) is 85.9 Å². The molecule has 0 spiro atoms. The third-order valence-corrected chi connectivity index (χ3v) is 7.20. The number of nitrogens with zero attached hydrogens (tertiary/aromatic N) is 3. The van der Waals surface area contributed by atoms with Crippen LogP contribution in [-0.2, 0) is 29.8 Å². The van der Waals surface area contributed by atoms with Gasteiger partial charge in [-0.3, -0.25) is 14.7 Å². The van der Waals surface area contributed by atoms with Gasteiger partial charge in [0, 0.05) is 0 Å². The van der Waals surface area contributed by atoms with Gasteiger partial charge in [0.2, 0.25) is 0 Å². The van der Waals surface area contributed by atoms with E-state index >= 15 is 0 Å². The van der Waals surface area contributed by atoms with E-state index in [9.17, 15) is 55.3 Å². The SMILES string of the molecule is O=C(O)C1=NN(c2ccc(S(=O)(=O)[O-])cc2)C(=O)/C1=C\C=C\c1c(C(=O)O)[nH]n(-c2ccc(S(=O)(=O)[O-])cc2)c1=O. The number of carbonyl (C=O) groups excluding carboxylic acids is 1. The number of carboxylic acid groups (broad SMARTS) is 2. The van der Waals surface area contributed by atoms with Crippen molar-refractivity contribution in [3.63, 3.8) is 0 Å². The topological polar surface area (TPSA) is 259 Å². The minimum absolute atomic E-state index is 0.0133. The lowest BCUT2D eigenvalue weighted by molar-refractivity contribution is -0.129. The summed E-state index contributed by atoms with van der Waals surface area (Å²) in [6.07, 6.45) is 2.96. The number of aromatic carboxylic acids is 1. The van der Waals surface area contributed by atoms with E-state index < -0.39 is 76.0 Å². The number of hydrazone groups is 1. The Morgan fingerprint density at radius 2 is 1.34 bits per heavy atom. The highest BCUT2D eigenvalue weighted by Gasteiger charge is 2.34. The maximum absolute atomic E-state index is 12.9. The number of aromatic nitrogens is 2. The number of aromatic amines is 1. The second-order valence-corrected chi connectivity index (χ2v) is 10.8. The summed E-state index contributed by atoms with van der Waals surface area (Å²) in [5, 5.41) is 25.7. The molecule has 18 heteroatoms. The van der Waals surface area contributed by atoms with Gasteiger partial charge in [-0.2, -0.15) is 10.1 Å². The molecule has 1 aromatic heterocycles. The number of allylic oxidation sites excluding steroid dienone is 2. The summed E-state index contributed by atoms with van der Waals surface area (Å²) in [6.45, 7) is 0. The molecule has 0 fully saturated rings. The third-order valence-electron chi connectivity index (χ3n) is 5.50. The van der Waals surface area contributed by atoms with E-state index in [1.807, 2.05) is 0 Å². The Morgan fingerprint density at radius 1 is 0.829 bits per heavy atom. The number of rotatable bonds is 8. The number of H-pyrrole nitrogens is 1. The first-order valence-corrected chi connectivity index (χ1v) is 13.7. The fourth-order valence-electron chi connectivity index (χ4n) is 3.60. The summed E-state index contributed by atoms with van der Waals surface area (Å²) in [5.74, 6) is -4.15. The number of benzene rings is 2. The molecule has 4 rings (SSSR count). The van der Waals surface area contributed by atoms with Crippen LogP contribution in [0.25, 0.3) is 11.8 Å². The quantitative estimate of drug-likeness (QED) is 0.229. The lowest BCUT2D eigenvalue weighted by Gasteiger charge is -2.13. The molecule has 2 aromatic carbocycles. The van der Waals surface area contributed by atoms with Gasteiger partial charge in [-0.1, -0.05) is 6.08 Å². The lowest BCUT2D eigenvalue weighted by Crippen LogP contribution is -2.22. The van der Waals surface area contributed by atoms with Crippen molar-refractivity contribution in [2.45, 2.75) is 9.79 Å². The Labute approximate surface area is 229 Å². The molecule has 1 amide bonds. The fourth-order valence-corrected chi connectivity index (χ4v) is 4.54. The van der Waals surface area contributed by atoms with Gasteiger partial charge in [-0.15, -0.1) is 0 Å². The Morgan fingerprint density at radius 3 is 1.80 bits per heavy atom. The lowest BCUT2D eigenvalue weighted by atomic mass is 10.1. The summed E-state index contributed by atoms with van der Waals surface area (Å²) < 4.78 is 67.5. The average molecular weight is 603 g/mol. The Hall–Kier alpha value is -5.17. The van der Waals surface area contributed by atoms with Gasteiger partial charge in [0.05, 0.1) is 32.3 Å². The molecular formula is C23H14N4O12S2-2. The zero-order chi connectivity index (χ0) is 30.3. The van der Waals surface area contributed by atoms with Crippen LogP contribution >= 0.6 is 0 Å². The normalized spacial score (nSPS) is 15.1. The molecule has 1 aliphatic rings. The number of amides is 1. The highest BCUT2D eigenvalue weighted by molar-refractivity contribution is 7.86. The van der Waals surface area contributed by atoms with E-state index in [0.717, 1.165) is 71.4 Å². The zero-order valence-electron chi connectivity index (χ0n) is 20.0. The van der Waals surface area contributed by atoms with Gasteiger partial charge in [-0.25, -0.2) is 31.1 Å². The molecule has 3 N–H and O–H groups in total. The molecule has 0 bridgehead atoms. The third kappa shape index (κ3) is 5.75. The first-order chi connectivity index (χ1) is 19.1. The molecule has 0 saturated carbocycles. The van der Waals surface area contributed by atoms with Crippen molar-refractivity contribution in [2.75, 3.05) is 5.01 Å². The molecule has 0 atom stereocenters. The molecule has 41 heavy (non-hydrogen) atoms. The molecule has 1 aliphatic heterocycles. The summed E-state index contributed by atoms with van der Waals surface area (Å²) >= 11 is 0. The zero-order valence-corrected chi connectivity index (χ0v) is 21.6. The summed E-state index contributed by atoms with van der Waals surface area (Å²) in [4.78, 5) is 48.1. The largest absolute Gasteiger partial charge is 0.744 e. The molecule has 2 heterocycles.